The van der Waals surface area contributed by atoms with E-state index >= 15 is 0 Å². The van der Waals surface area contributed by atoms with E-state index in [1.165, 1.54) is 18.0 Å². The molecule has 0 heterocycles. The summed E-state index contributed by atoms with van der Waals surface area (Å²) in [4.78, 5) is 5.19. The molecule has 0 fully saturated rings. The maximum Gasteiger partial charge on any atom is 0.401 e. The van der Waals surface area contributed by atoms with Gasteiger partial charge in [-0.15, -0.1) is 24.0 Å². The number of nitrogens with zero attached hydrogens (tertiary/aromatic N) is 2. The predicted molar refractivity (Wildman–Crippen MR) is 109 cm³/mol. The standard InChI is InChI=1S/C17H26F4N4O.HI/c1-4-13(26-15-8-6-5-7-14(15)18)11-24-16(22-2)23-9-10-25(3)12-17(19,20)21;/h5-8,13H,4,9-12H2,1-3H3,(H2,22,23,24);1H. The second kappa shape index (κ2) is 13.0. The van der Waals surface area contributed by atoms with Crippen molar-refractivity contribution >= 4 is 29.9 Å². The summed E-state index contributed by atoms with van der Waals surface area (Å²) >= 11 is 0. The van der Waals surface area contributed by atoms with Gasteiger partial charge in [-0.05, 0) is 25.6 Å². The molecule has 156 valence electrons. The Kier molecular flexibility index (Phi) is 12.4. The minimum Gasteiger partial charge on any atom is -0.486 e. The van der Waals surface area contributed by atoms with Crippen molar-refractivity contribution in [2.75, 3.05) is 40.3 Å². The van der Waals surface area contributed by atoms with Crippen molar-refractivity contribution in [2.45, 2.75) is 25.6 Å². The van der Waals surface area contributed by atoms with Gasteiger partial charge in [0.2, 0.25) is 0 Å². The molecule has 0 amide bonds. The van der Waals surface area contributed by atoms with Crippen LogP contribution < -0.4 is 15.4 Å². The van der Waals surface area contributed by atoms with E-state index < -0.39 is 18.5 Å². The van der Waals surface area contributed by atoms with Gasteiger partial charge in [-0.3, -0.25) is 9.89 Å². The van der Waals surface area contributed by atoms with Crippen LogP contribution in [0.1, 0.15) is 13.3 Å². The molecule has 0 aromatic heterocycles. The maximum atomic E-state index is 13.6. The predicted octanol–water partition coefficient (Wildman–Crippen LogP) is 3.26. The molecule has 0 aliphatic carbocycles. The third-order valence-corrected chi connectivity index (χ3v) is 3.54. The number of likely N-dealkylation sites (N-methyl/N-ethyl adjacent to an activating group) is 1. The van der Waals surface area contributed by atoms with Gasteiger partial charge >= 0.3 is 6.18 Å². The molecule has 0 radical (unpaired) electrons. The fourth-order valence-corrected chi connectivity index (χ4v) is 2.17. The van der Waals surface area contributed by atoms with E-state index in [1.807, 2.05) is 6.92 Å². The van der Waals surface area contributed by atoms with E-state index in [0.29, 0.717) is 25.5 Å². The second-order valence-corrected chi connectivity index (χ2v) is 5.81. The lowest BCUT2D eigenvalue weighted by atomic mass is 10.2. The number of hydrogen-bond donors (Lipinski definition) is 2. The molecular weight excluding hydrogens is 479 g/mol. The number of rotatable bonds is 9. The zero-order valence-electron chi connectivity index (χ0n) is 15.6. The van der Waals surface area contributed by atoms with Crippen molar-refractivity contribution in [2.24, 2.45) is 4.99 Å². The number of alkyl halides is 3. The van der Waals surface area contributed by atoms with Crippen LogP contribution in [-0.2, 0) is 0 Å². The van der Waals surface area contributed by atoms with Gasteiger partial charge < -0.3 is 15.4 Å². The van der Waals surface area contributed by atoms with Gasteiger partial charge in [0.25, 0.3) is 0 Å². The van der Waals surface area contributed by atoms with Gasteiger partial charge in [0.15, 0.2) is 17.5 Å². The quantitative estimate of drug-likeness (QED) is 0.234. The molecule has 5 nitrogen and oxygen atoms in total. The molecule has 10 heteroatoms. The normalized spacial score (nSPS) is 13.1. The number of ether oxygens (including phenoxy) is 1. The van der Waals surface area contributed by atoms with Crippen LogP contribution in [-0.4, -0.2) is 63.4 Å². The highest BCUT2D eigenvalue weighted by Gasteiger charge is 2.28. The van der Waals surface area contributed by atoms with Gasteiger partial charge in [-0.2, -0.15) is 13.2 Å². The summed E-state index contributed by atoms with van der Waals surface area (Å²) in [5.41, 5.74) is 0. The third kappa shape index (κ3) is 11.2. The Morgan fingerprint density at radius 1 is 1.26 bits per heavy atom. The summed E-state index contributed by atoms with van der Waals surface area (Å²) in [5, 5.41) is 5.97. The summed E-state index contributed by atoms with van der Waals surface area (Å²) < 4.78 is 56.1. The molecule has 1 rings (SSSR count). The lowest BCUT2D eigenvalue weighted by molar-refractivity contribution is -0.142. The highest BCUT2D eigenvalue weighted by atomic mass is 127. The zero-order valence-corrected chi connectivity index (χ0v) is 18.0. The smallest absolute Gasteiger partial charge is 0.401 e. The van der Waals surface area contributed by atoms with Crippen LogP contribution in [0.15, 0.2) is 29.3 Å². The fraction of sp³-hybridized carbons (Fsp3) is 0.588. The molecule has 1 atom stereocenters. The number of halogens is 5. The Hall–Kier alpha value is -1.30. The van der Waals surface area contributed by atoms with Gasteiger partial charge in [0.1, 0.15) is 6.10 Å². The first kappa shape index (κ1) is 25.7. The molecule has 0 saturated heterocycles. The van der Waals surface area contributed by atoms with Gasteiger partial charge in [-0.25, -0.2) is 4.39 Å². The van der Waals surface area contributed by atoms with Crippen molar-refractivity contribution in [3.05, 3.63) is 30.1 Å². The zero-order chi connectivity index (χ0) is 19.6. The van der Waals surface area contributed by atoms with Crippen LogP contribution >= 0.6 is 24.0 Å². The molecule has 0 spiro atoms. The molecule has 1 unspecified atom stereocenters. The summed E-state index contributed by atoms with van der Waals surface area (Å²) in [6.07, 6.45) is -3.85. The largest absolute Gasteiger partial charge is 0.486 e. The number of nitrogens with one attached hydrogen (secondary N) is 2. The van der Waals surface area contributed by atoms with Crippen molar-refractivity contribution < 1.29 is 22.3 Å². The monoisotopic (exact) mass is 506 g/mol. The van der Waals surface area contributed by atoms with Crippen molar-refractivity contribution in [3.8, 4) is 5.75 Å². The number of guanidine groups is 1. The van der Waals surface area contributed by atoms with Gasteiger partial charge in [-0.1, -0.05) is 19.1 Å². The molecule has 0 bridgehead atoms. The summed E-state index contributed by atoms with van der Waals surface area (Å²) in [6.45, 7) is 1.84. The molecule has 27 heavy (non-hydrogen) atoms. The van der Waals surface area contributed by atoms with Gasteiger partial charge in [0, 0.05) is 20.1 Å². The molecule has 2 N–H and O–H groups in total. The first-order chi connectivity index (χ1) is 12.2. The number of aliphatic imine (C=N–C) groups is 1. The highest BCUT2D eigenvalue weighted by molar-refractivity contribution is 14.0. The molecule has 0 aliphatic heterocycles. The Morgan fingerprint density at radius 2 is 1.93 bits per heavy atom. The van der Waals surface area contributed by atoms with Crippen LogP contribution in [0.25, 0.3) is 0 Å². The lowest BCUT2D eigenvalue weighted by Crippen LogP contribution is -2.45. The lowest BCUT2D eigenvalue weighted by Gasteiger charge is -2.21. The maximum absolute atomic E-state index is 13.6. The van der Waals surface area contributed by atoms with E-state index in [1.54, 1.807) is 25.2 Å². The van der Waals surface area contributed by atoms with Crippen LogP contribution in [0, 0.1) is 5.82 Å². The van der Waals surface area contributed by atoms with Crippen molar-refractivity contribution in [1.82, 2.24) is 15.5 Å². The summed E-state index contributed by atoms with van der Waals surface area (Å²) in [7, 11) is 2.97. The molecule has 0 saturated carbocycles. The number of para-hydroxylation sites is 1. The fourth-order valence-electron chi connectivity index (χ4n) is 2.17. The van der Waals surface area contributed by atoms with Crippen LogP contribution in [0.3, 0.4) is 0 Å². The van der Waals surface area contributed by atoms with E-state index in [4.69, 9.17) is 4.74 Å². The third-order valence-electron chi connectivity index (χ3n) is 3.54. The van der Waals surface area contributed by atoms with Gasteiger partial charge in [0.05, 0.1) is 13.1 Å². The van der Waals surface area contributed by atoms with Crippen molar-refractivity contribution in [1.29, 1.82) is 0 Å². The van der Waals surface area contributed by atoms with E-state index in [0.717, 1.165) is 0 Å². The average Bonchev–Trinajstić information content (AvgIpc) is 2.56. The van der Waals surface area contributed by atoms with E-state index in [-0.39, 0.29) is 42.4 Å². The SMILES string of the molecule is CCC(CNC(=NC)NCCN(C)CC(F)(F)F)Oc1ccccc1F.I. The molecular formula is C17H27F4IN4O. The minimum absolute atomic E-state index is 0. The topological polar surface area (TPSA) is 48.9 Å². The Bertz CT molecular complexity index is 572. The molecule has 1 aromatic carbocycles. The highest BCUT2D eigenvalue weighted by Crippen LogP contribution is 2.17. The number of hydrogen-bond acceptors (Lipinski definition) is 3. The number of benzene rings is 1. The average molecular weight is 506 g/mol. The Morgan fingerprint density at radius 3 is 2.48 bits per heavy atom. The Labute approximate surface area is 174 Å². The molecule has 0 aliphatic rings. The first-order valence-corrected chi connectivity index (χ1v) is 8.36. The Balaban J connectivity index is 0.00000676. The van der Waals surface area contributed by atoms with Crippen LogP contribution in [0.2, 0.25) is 0 Å². The minimum atomic E-state index is -4.22. The van der Waals surface area contributed by atoms with E-state index in [9.17, 15) is 17.6 Å². The summed E-state index contributed by atoms with van der Waals surface area (Å²) in [5.74, 6) is 0.194. The van der Waals surface area contributed by atoms with E-state index in [2.05, 4.69) is 15.6 Å². The van der Waals surface area contributed by atoms with Crippen LogP contribution in [0.4, 0.5) is 17.6 Å². The summed E-state index contributed by atoms with van der Waals surface area (Å²) in [6, 6.07) is 6.16. The molecule has 1 aromatic rings. The van der Waals surface area contributed by atoms with Crippen LogP contribution in [0.5, 0.6) is 5.75 Å². The first-order valence-electron chi connectivity index (χ1n) is 8.36. The van der Waals surface area contributed by atoms with Crippen molar-refractivity contribution in [3.63, 3.8) is 0 Å². The second-order valence-electron chi connectivity index (χ2n) is 5.81.